The molecule has 7 nitrogen and oxygen atoms in total. The average Bonchev–Trinajstić information content (AvgIpc) is 2.83. The number of aromatic nitrogens is 3. The van der Waals surface area contributed by atoms with E-state index in [4.69, 9.17) is 16.3 Å². The summed E-state index contributed by atoms with van der Waals surface area (Å²) >= 11 is 6.12. The minimum absolute atomic E-state index is 0.132. The molecule has 0 radical (unpaired) electrons. The molecule has 118 valence electrons. The molecule has 1 aliphatic rings. The molecule has 3 rings (SSSR count). The maximum Gasteiger partial charge on any atom is 0.211 e. The van der Waals surface area contributed by atoms with Crippen molar-refractivity contribution in [3.63, 3.8) is 0 Å². The highest BCUT2D eigenvalue weighted by Crippen LogP contribution is 2.34. The van der Waals surface area contributed by atoms with E-state index in [0.717, 1.165) is 17.5 Å². The molecule has 1 aromatic carbocycles. The third-order valence-electron chi connectivity index (χ3n) is 3.57. The van der Waals surface area contributed by atoms with Crippen LogP contribution < -0.4 is 4.74 Å². The number of sulfonamides is 1. The second-order valence-electron chi connectivity index (χ2n) is 5.24. The van der Waals surface area contributed by atoms with Crippen molar-refractivity contribution in [3.8, 4) is 11.4 Å². The second kappa shape index (κ2) is 5.22. The fourth-order valence-corrected chi connectivity index (χ4v) is 2.73. The Morgan fingerprint density at radius 1 is 1.41 bits per heavy atom. The summed E-state index contributed by atoms with van der Waals surface area (Å²) < 4.78 is 31.9. The Hall–Kier alpha value is -1.64. The van der Waals surface area contributed by atoms with Crippen molar-refractivity contribution in [2.24, 2.45) is 0 Å². The van der Waals surface area contributed by atoms with Gasteiger partial charge in [0.2, 0.25) is 10.0 Å². The number of benzene rings is 1. The number of halogens is 1. The zero-order chi connectivity index (χ0) is 16.1. The van der Waals surface area contributed by atoms with Gasteiger partial charge in [-0.15, -0.1) is 10.2 Å². The smallest absolute Gasteiger partial charge is 0.211 e. The van der Waals surface area contributed by atoms with E-state index in [1.54, 1.807) is 6.07 Å². The van der Waals surface area contributed by atoms with E-state index >= 15 is 0 Å². The zero-order valence-corrected chi connectivity index (χ0v) is 13.9. The fourth-order valence-electron chi connectivity index (χ4n) is 2.22. The summed E-state index contributed by atoms with van der Waals surface area (Å²) in [6.07, 6.45) is 1.15. The van der Waals surface area contributed by atoms with Crippen LogP contribution in [0.4, 0.5) is 0 Å². The Kier molecular flexibility index (Phi) is 3.62. The van der Waals surface area contributed by atoms with Gasteiger partial charge in [0.1, 0.15) is 12.4 Å². The summed E-state index contributed by atoms with van der Waals surface area (Å²) in [5.41, 5.74) is 1.66. The van der Waals surface area contributed by atoms with Gasteiger partial charge in [0.15, 0.2) is 11.6 Å². The Morgan fingerprint density at radius 3 is 2.82 bits per heavy atom. The first kappa shape index (κ1) is 15.3. The van der Waals surface area contributed by atoms with Crippen molar-refractivity contribution >= 4 is 21.6 Å². The lowest BCUT2D eigenvalue weighted by atomic mass is 10.2. The number of rotatable bonds is 3. The lowest BCUT2D eigenvalue weighted by molar-refractivity contribution is 0.278. The summed E-state index contributed by atoms with van der Waals surface area (Å²) in [5.74, 6) is 1.80. The minimum Gasteiger partial charge on any atom is -0.483 e. The van der Waals surface area contributed by atoms with E-state index in [1.807, 2.05) is 17.6 Å². The first-order valence-electron chi connectivity index (χ1n) is 6.55. The van der Waals surface area contributed by atoms with Crippen LogP contribution in [0.3, 0.4) is 0 Å². The molecule has 0 spiro atoms. The van der Waals surface area contributed by atoms with E-state index < -0.39 is 10.0 Å². The average molecular weight is 343 g/mol. The van der Waals surface area contributed by atoms with E-state index in [2.05, 4.69) is 10.2 Å². The van der Waals surface area contributed by atoms with Gasteiger partial charge in [-0.2, -0.15) is 4.31 Å². The molecule has 2 aromatic rings. The number of aryl methyl sites for hydroxylation is 1. The Labute approximate surface area is 133 Å². The van der Waals surface area contributed by atoms with E-state index in [9.17, 15) is 8.42 Å². The number of hydrogen-bond acceptors (Lipinski definition) is 5. The predicted octanol–water partition coefficient (Wildman–Crippen LogP) is 1.51. The number of nitrogens with zero attached hydrogens (tertiary/aromatic N) is 4. The fraction of sp³-hybridized carbons (Fsp3) is 0.385. The van der Waals surface area contributed by atoms with Gasteiger partial charge in [0, 0.05) is 18.1 Å². The number of fused-ring (bicyclic) bond motifs is 3. The van der Waals surface area contributed by atoms with Crippen LogP contribution in [0.5, 0.6) is 5.75 Å². The molecule has 22 heavy (non-hydrogen) atoms. The van der Waals surface area contributed by atoms with Gasteiger partial charge in [-0.05, 0) is 18.6 Å². The lowest BCUT2D eigenvalue weighted by Gasteiger charge is -2.22. The van der Waals surface area contributed by atoms with Gasteiger partial charge in [0.25, 0.3) is 0 Å². The van der Waals surface area contributed by atoms with Crippen LogP contribution in [0.25, 0.3) is 5.69 Å². The normalized spacial score (nSPS) is 13.7. The van der Waals surface area contributed by atoms with Crippen molar-refractivity contribution < 1.29 is 13.2 Å². The quantitative estimate of drug-likeness (QED) is 0.845. The summed E-state index contributed by atoms with van der Waals surface area (Å²) in [4.78, 5) is 0. The Balaban J connectivity index is 2.08. The highest BCUT2D eigenvalue weighted by atomic mass is 35.5. The molecule has 1 aliphatic heterocycles. The highest BCUT2D eigenvalue weighted by Gasteiger charge is 2.25. The molecule has 9 heteroatoms. The molecular formula is C13H15ClN4O3S. The summed E-state index contributed by atoms with van der Waals surface area (Å²) in [5, 5.41) is 8.79. The molecule has 1 aromatic heterocycles. The van der Waals surface area contributed by atoms with E-state index in [-0.39, 0.29) is 13.2 Å². The summed E-state index contributed by atoms with van der Waals surface area (Å²) in [6.45, 7) is 2.29. The van der Waals surface area contributed by atoms with Crippen molar-refractivity contribution in [2.45, 2.75) is 20.1 Å². The van der Waals surface area contributed by atoms with E-state index in [1.165, 1.54) is 11.4 Å². The maximum absolute atomic E-state index is 11.6. The monoisotopic (exact) mass is 342 g/mol. The number of ether oxygens (including phenoxy) is 1. The Morgan fingerprint density at radius 2 is 2.14 bits per heavy atom. The molecule has 2 heterocycles. The van der Waals surface area contributed by atoms with Gasteiger partial charge in [-0.25, -0.2) is 8.42 Å². The highest BCUT2D eigenvalue weighted by molar-refractivity contribution is 7.88. The number of hydrogen-bond donors (Lipinski definition) is 0. The van der Waals surface area contributed by atoms with Gasteiger partial charge in [-0.3, -0.25) is 4.57 Å². The van der Waals surface area contributed by atoms with Gasteiger partial charge in [-0.1, -0.05) is 11.6 Å². The molecule has 0 bridgehead atoms. The zero-order valence-electron chi connectivity index (χ0n) is 12.4. The van der Waals surface area contributed by atoms with Crippen molar-refractivity contribution in [3.05, 3.63) is 34.4 Å². The summed E-state index contributed by atoms with van der Waals surface area (Å²) in [6, 6.07) is 3.63. The minimum atomic E-state index is -3.30. The van der Waals surface area contributed by atoms with Crippen LogP contribution in [0.15, 0.2) is 12.1 Å². The largest absolute Gasteiger partial charge is 0.483 e. The SMILES string of the molecule is Cc1cc2c(cc1Cl)OCc1nnc(CN(C)S(C)(=O)=O)n1-2. The third kappa shape index (κ3) is 2.57. The van der Waals surface area contributed by atoms with Crippen LogP contribution in [0, 0.1) is 6.92 Å². The van der Waals surface area contributed by atoms with Gasteiger partial charge < -0.3 is 4.74 Å². The van der Waals surface area contributed by atoms with Crippen LogP contribution in [0.1, 0.15) is 17.2 Å². The molecule has 0 N–H and O–H groups in total. The topological polar surface area (TPSA) is 77.3 Å². The molecule has 0 aliphatic carbocycles. The van der Waals surface area contributed by atoms with Crippen molar-refractivity contribution in [1.29, 1.82) is 0 Å². The van der Waals surface area contributed by atoms with Crippen molar-refractivity contribution in [1.82, 2.24) is 19.1 Å². The molecule has 0 fully saturated rings. The molecule has 0 amide bonds. The first-order valence-corrected chi connectivity index (χ1v) is 8.78. The maximum atomic E-state index is 11.6. The van der Waals surface area contributed by atoms with Gasteiger partial charge in [0.05, 0.1) is 18.5 Å². The van der Waals surface area contributed by atoms with Crippen molar-refractivity contribution in [2.75, 3.05) is 13.3 Å². The molecule has 0 saturated heterocycles. The van der Waals surface area contributed by atoms with Gasteiger partial charge >= 0.3 is 0 Å². The first-order chi connectivity index (χ1) is 10.3. The third-order valence-corrected chi connectivity index (χ3v) is 5.23. The molecule has 0 saturated carbocycles. The summed E-state index contributed by atoms with van der Waals surface area (Å²) in [7, 11) is -1.79. The van der Waals surface area contributed by atoms with Crippen LogP contribution in [-0.4, -0.2) is 40.8 Å². The second-order valence-corrected chi connectivity index (χ2v) is 7.74. The standard InChI is InChI=1S/C13H15ClN4O3S/c1-8-4-10-11(5-9(8)14)21-7-13-16-15-12(18(10)13)6-17(2)22(3,19)20/h4-5H,6-7H2,1-3H3. The molecule has 0 unspecified atom stereocenters. The lowest BCUT2D eigenvalue weighted by Crippen LogP contribution is -2.27. The predicted molar refractivity (Wildman–Crippen MR) is 81.7 cm³/mol. The molecular weight excluding hydrogens is 328 g/mol. The van der Waals surface area contributed by atoms with Crippen LogP contribution in [0.2, 0.25) is 5.02 Å². The van der Waals surface area contributed by atoms with Crippen LogP contribution >= 0.6 is 11.6 Å². The Bertz CT molecular complexity index is 847. The van der Waals surface area contributed by atoms with Crippen LogP contribution in [-0.2, 0) is 23.2 Å². The van der Waals surface area contributed by atoms with E-state index in [0.29, 0.717) is 22.4 Å². The molecule has 0 atom stereocenters.